The summed E-state index contributed by atoms with van der Waals surface area (Å²) in [6.07, 6.45) is 0.841. The molecule has 0 aliphatic carbocycles. The van der Waals surface area contributed by atoms with Crippen LogP contribution in [0.25, 0.3) is 0 Å². The summed E-state index contributed by atoms with van der Waals surface area (Å²) >= 11 is 0. The van der Waals surface area contributed by atoms with Gasteiger partial charge in [0, 0.05) is 5.92 Å². The highest BCUT2D eigenvalue weighted by Gasteiger charge is 2.01. The van der Waals surface area contributed by atoms with Crippen LogP contribution in [0.15, 0.2) is 24.3 Å². The van der Waals surface area contributed by atoms with Crippen molar-refractivity contribution in [2.24, 2.45) is 0 Å². The van der Waals surface area contributed by atoms with Crippen LogP contribution in [0.2, 0.25) is 0 Å². The fraction of sp³-hybridized carbons (Fsp3) is 0.222. The molecule has 0 fully saturated rings. The number of hydrogen-bond acceptors (Lipinski definition) is 1. The molecule has 0 unspecified atom stereocenters. The zero-order chi connectivity index (χ0) is 8.27. The van der Waals surface area contributed by atoms with Crippen LogP contribution in [0.3, 0.4) is 0 Å². The molecule has 1 aromatic rings. The van der Waals surface area contributed by atoms with Crippen molar-refractivity contribution in [2.45, 2.75) is 12.8 Å². The van der Waals surface area contributed by atoms with Crippen LogP contribution in [0.4, 0.5) is 4.39 Å². The van der Waals surface area contributed by atoms with Gasteiger partial charge in [-0.05, 0) is 17.7 Å². The smallest absolute Gasteiger partial charge is 0.127 e. The maximum absolute atomic E-state index is 12.4. The number of halogens is 1. The van der Waals surface area contributed by atoms with E-state index in [-0.39, 0.29) is 11.7 Å². The van der Waals surface area contributed by atoms with Crippen molar-refractivity contribution in [3.8, 4) is 0 Å². The Morgan fingerprint density at radius 2 is 1.91 bits per heavy atom. The van der Waals surface area contributed by atoms with Gasteiger partial charge in [-0.3, -0.25) is 0 Å². The number of aldehydes is 1. The first-order valence-corrected chi connectivity index (χ1v) is 3.45. The Labute approximate surface area is 64.9 Å². The van der Waals surface area contributed by atoms with Crippen molar-refractivity contribution in [3.05, 3.63) is 35.6 Å². The zero-order valence-corrected chi connectivity index (χ0v) is 6.25. The van der Waals surface area contributed by atoms with Gasteiger partial charge in [0.2, 0.25) is 0 Å². The SMILES string of the molecule is C[C@H](C=O)c1ccc(F)cc1. The van der Waals surface area contributed by atoms with Gasteiger partial charge < -0.3 is 4.79 Å². The van der Waals surface area contributed by atoms with E-state index in [1.165, 1.54) is 12.1 Å². The van der Waals surface area contributed by atoms with E-state index in [9.17, 15) is 9.18 Å². The number of benzene rings is 1. The number of hydrogen-bond donors (Lipinski definition) is 0. The summed E-state index contributed by atoms with van der Waals surface area (Å²) in [6, 6.07) is 5.95. The second-order valence-electron chi connectivity index (χ2n) is 2.48. The molecule has 1 rings (SSSR count). The van der Waals surface area contributed by atoms with Crippen molar-refractivity contribution < 1.29 is 9.18 Å². The molecule has 11 heavy (non-hydrogen) atoms. The number of carbonyl (C=O) groups excluding carboxylic acids is 1. The van der Waals surface area contributed by atoms with E-state index in [0.717, 1.165) is 11.8 Å². The summed E-state index contributed by atoms with van der Waals surface area (Å²) in [5.41, 5.74) is 0.849. The van der Waals surface area contributed by atoms with E-state index in [0.29, 0.717) is 0 Å². The third-order valence-electron chi connectivity index (χ3n) is 1.60. The van der Waals surface area contributed by atoms with Gasteiger partial charge in [0.15, 0.2) is 0 Å². The molecule has 0 aliphatic rings. The van der Waals surface area contributed by atoms with E-state index >= 15 is 0 Å². The minimum Gasteiger partial charge on any atom is -0.303 e. The van der Waals surface area contributed by atoms with E-state index in [2.05, 4.69) is 0 Å². The predicted molar refractivity (Wildman–Crippen MR) is 40.9 cm³/mol. The first-order chi connectivity index (χ1) is 5.24. The molecule has 1 aromatic carbocycles. The summed E-state index contributed by atoms with van der Waals surface area (Å²) < 4.78 is 12.4. The van der Waals surface area contributed by atoms with Crippen LogP contribution in [0, 0.1) is 5.82 Å². The predicted octanol–water partition coefficient (Wildman–Crippen LogP) is 2.13. The highest BCUT2D eigenvalue weighted by atomic mass is 19.1. The lowest BCUT2D eigenvalue weighted by Crippen LogP contribution is -1.93. The van der Waals surface area contributed by atoms with Gasteiger partial charge in [-0.2, -0.15) is 0 Å². The normalized spacial score (nSPS) is 12.5. The Bertz CT molecular complexity index is 240. The third-order valence-corrected chi connectivity index (χ3v) is 1.60. The summed E-state index contributed by atoms with van der Waals surface area (Å²) in [5.74, 6) is -0.414. The Balaban J connectivity index is 2.89. The largest absolute Gasteiger partial charge is 0.303 e. The molecule has 1 atom stereocenters. The quantitative estimate of drug-likeness (QED) is 0.593. The van der Waals surface area contributed by atoms with Crippen molar-refractivity contribution in [1.82, 2.24) is 0 Å². The monoisotopic (exact) mass is 152 g/mol. The molecule has 0 spiro atoms. The summed E-state index contributed by atoms with van der Waals surface area (Å²) in [6.45, 7) is 1.78. The Kier molecular flexibility index (Phi) is 2.36. The first kappa shape index (κ1) is 7.92. The molecule has 0 saturated carbocycles. The second kappa shape index (κ2) is 3.28. The topological polar surface area (TPSA) is 17.1 Å². The molecule has 0 aliphatic heterocycles. The van der Waals surface area contributed by atoms with Gasteiger partial charge in [0.25, 0.3) is 0 Å². The van der Waals surface area contributed by atoms with Gasteiger partial charge in [-0.25, -0.2) is 4.39 Å². The molecule has 58 valence electrons. The first-order valence-electron chi connectivity index (χ1n) is 3.45. The highest BCUT2D eigenvalue weighted by Crippen LogP contribution is 2.12. The van der Waals surface area contributed by atoms with Gasteiger partial charge in [0.05, 0.1) is 0 Å². The fourth-order valence-electron chi connectivity index (χ4n) is 0.845. The van der Waals surface area contributed by atoms with Crippen LogP contribution >= 0.6 is 0 Å². The minimum absolute atomic E-state index is 0.143. The lowest BCUT2D eigenvalue weighted by molar-refractivity contribution is -0.108. The third kappa shape index (κ3) is 1.87. The second-order valence-corrected chi connectivity index (χ2v) is 2.48. The molecule has 1 nitrogen and oxygen atoms in total. The van der Waals surface area contributed by atoms with E-state index in [1.54, 1.807) is 19.1 Å². The molecule has 0 bridgehead atoms. The Hall–Kier alpha value is -1.18. The summed E-state index contributed by atoms with van der Waals surface area (Å²) in [4.78, 5) is 10.3. The average molecular weight is 152 g/mol. The van der Waals surface area contributed by atoms with Crippen LogP contribution in [0.5, 0.6) is 0 Å². The van der Waals surface area contributed by atoms with Gasteiger partial charge >= 0.3 is 0 Å². The van der Waals surface area contributed by atoms with Crippen LogP contribution in [-0.2, 0) is 4.79 Å². The van der Waals surface area contributed by atoms with Gasteiger partial charge in [-0.1, -0.05) is 19.1 Å². The molecule has 2 heteroatoms. The maximum atomic E-state index is 12.4. The van der Waals surface area contributed by atoms with Crippen molar-refractivity contribution in [3.63, 3.8) is 0 Å². The standard InChI is InChI=1S/C9H9FO/c1-7(6-11)8-2-4-9(10)5-3-8/h2-7H,1H3/t7-/m1/s1. The number of rotatable bonds is 2. The minimum atomic E-state index is -0.271. The molecule has 0 heterocycles. The van der Waals surface area contributed by atoms with E-state index < -0.39 is 0 Å². The Morgan fingerprint density at radius 3 is 2.36 bits per heavy atom. The lowest BCUT2D eigenvalue weighted by Gasteiger charge is -2.01. The average Bonchev–Trinajstić information content (AvgIpc) is 2.05. The van der Waals surface area contributed by atoms with Crippen molar-refractivity contribution in [1.29, 1.82) is 0 Å². The van der Waals surface area contributed by atoms with Crippen molar-refractivity contribution in [2.75, 3.05) is 0 Å². The molecular weight excluding hydrogens is 143 g/mol. The van der Waals surface area contributed by atoms with Crippen LogP contribution < -0.4 is 0 Å². The van der Waals surface area contributed by atoms with Gasteiger partial charge in [0.1, 0.15) is 12.1 Å². The highest BCUT2D eigenvalue weighted by molar-refractivity contribution is 5.61. The molecular formula is C9H9FO. The summed E-state index contributed by atoms with van der Waals surface area (Å²) in [7, 11) is 0. The molecule has 0 saturated heterocycles. The summed E-state index contributed by atoms with van der Waals surface area (Å²) in [5, 5.41) is 0. The molecule has 0 radical (unpaired) electrons. The molecule has 0 aromatic heterocycles. The zero-order valence-electron chi connectivity index (χ0n) is 6.25. The van der Waals surface area contributed by atoms with E-state index in [1.807, 2.05) is 0 Å². The van der Waals surface area contributed by atoms with Crippen LogP contribution in [-0.4, -0.2) is 6.29 Å². The van der Waals surface area contributed by atoms with Gasteiger partial charge in [-0.15, -0.1) is 0 Å². The number of carbonyl (C=O) groups is 1. The van der Waals surface area contributed by atoms with Crippen molar-refractivity contribution >= 4 is 6.29 Å². The maximum Gasteiger partial charge on any atom is 0.127 e. The fourth-order valence-corrected chi connectivity index (χ4v) is 0.845. The molecule has 0 N–H and O–H groups in total. The molecule has 0 amide bonds. The van der Waals surface area contributed by atoms with Crippen LogP contribution in [0.1, 0.15) is 18.4 Å². The van der Waals surface area contributed by atoms with E-state index in [4.69, 9.17) is 0 Å². The Morgan fingerprint density at radius 1 is 1.36 bits per heavy atom. The lowest BCUT2D eigenvalue weighted by atomic mass is 10.0.